The van der Waals surface area contributed by atoms with Gasteiger partial charge in [-0.05, 0) is 37.5 Å². The van der Waals surface area contributed by atoms with Crippen LogP contribution < -0.4 is 11.1 Å². The van der Waals surface area contributed by atoms with Crippen molar-refractivity contribution in [3.63, 3.8) is 0 Å². The lowest BCUT2D eigenvalue weighted by atomic mass is 10.1. The third-order valence-corrected chi connectivity index (χ3v) is 5.53. The molecule has 0 spiro atoms. The summed E-state index contributed by atoms with van der Waals surface area (Å²) in [7, 11) is -4.36. The number of ether oxygens (including phenoxy) is 1. The van der Waals surface area contributed by atoms with Gasteiger partial charge in [0.05, 0.1) is 0 Å². The monoisotopic (exact) mass is 446 g/mol. The van der Waals surface area contributed by atoms with Crippen molar-refractivity contribution in [3.8, 4) is 0 Å². The summed E-state index contributed by atoms with van der Waals surface area (Å²) in [5.74, 6) is -1.16. The number of hydrogen-bond donors (Lipinski definition) is 2. The van der Waals surface area contributed by atoms with E-state index in [1.165, 1.54) is 12.1 Å². The fourth-order valence-electron chi connectivity index (χ4n) is 2.65. The van der Waals surface area contributed by atoms with Gasteiger partial charge in [-0.25, -0.2) is 9.59 Å². The Kier molecular flexibility index (Phi) is 8.77. The van der Waals surface area contributed by atoms with E-state index in [4.69, 9.17) is 14.7 Å². The topological polar surface area (TPSA) is 125 Å². The Morgan fingerprint density at radius 3 is 2.39 bits per heavy atom. The smallest absolute Gasteiger partial charge is 0.408 e. The number of amides is 1. The van der Waals surface area contributed by atoms with E-state index in [1.54, 1.807) is 49.4 Å². The van der Waals surface area contributed by atoms with Crippen molar-refractivity contribution in [2.24, 2.45) is 5.73 Å². The van der Waals surface area contributed by atoms with Crippen LogP contribution in [0.1, 0.15) is 24.0 Å². The second kappa shape index (κ2) is 11.3. The molecular formula is C22H26N2O6S. The molecule has 0 saturated carbocycles. The standard InChI is InChI=1S/C22H26N2O6S/c1-3-7-18(23)14-20(24-22(26)29-15-17-8-5-4-6-9-17)21(25)30-31(27,28)19-12-10-16(2)11-13-19/h3-6,8-13,18,20H,1,7,14-15,23H2,2H3,(H,24,26). The SMILES string of the molecule is C=CCC(N)CC(NC(=O)OCc1ccccc1)C(=O)OS(=O)(=O)c1ccc(C)cc1. The van der Waals surface area contributed by atoms with Gasteiger partial charge >= 0.3 is 22.2 Å². The first-order valence-electron chi connectivity index (χ1n) is 9.60. The fourth-order valence-corrected chi connectivity index (χ4v) is 3.55. The minimum absolute atomic E-state index is 0.0190. The van der Waals surface area contributed by atoms with E-state index >= 15 is 0 Å². The first-order chi connectivity index (χ1) is 14.7. The molecule has 0 aromatic heterocycles. The van der Waals surface area contributed by atoms with Crippen LogP contribution in [0.4, 0.5) is 4.79 Å². The van der Waals surface area contributed by atoms with Crippen molar-refractivity contribution >= 4 is 22.2 Å². The molecule has 0 aliphatic rings. The summed E-state index contributed by atoms with van der Waals surface area (Å²) >= 11 is 0. The van der Waals surface area contributed by atoms with Crippen molar-refractivity contribution in [1.82, 2.24) is 5.32 Å². The van der Waals surface area contributed by atoms with E-state index in [0.717, 1.165) is 11.1 Å². The predicted octanol–water partition coefficient (Wildman–Crippen LogP) is 2.82. The number of alkyl carbamates (subject to hydrolysis) is 1. The molecule has 31 heavy (non-hydrogen) atoms. The molecule has 0 aliphatic carbocycles. The van der Waals surface area contributed by atoms with Gasteiger partial charge in [-0.1, -0.05) is 54.1 Å². The predicted molar refractivity (Wildman–Crippen MR) is 115 cm³/mol. The third kappa shape index (κ3) is 7.88. The number of carbonyl (C=O) groups is 2. The van der Waals surface area contributed by atoms with E-state index in [-0.39, 0.29) is 17.9 Å². The Bertz CT molecular complexity index is 990. The Labute approximate surface area is 182 Å². The molecule has 2 atom stereocenters. The Morgan fingerprint density at radius 2 is 1.77 bits per heavy atom. The zero-order valence-electron chi connectivity index (χ0n) is 17.2. The largest absolute Gasteiger partial charge is 0.445 e. The van der Waals surface area contributed by atoms with Gasteiger partial charge in [0.1, 0.15) is 17.5 Å². The molecule has 2 rings (SSSR count). The average molecular weight is 447 g/mol. The highest BCUT2D eigenvalue weighted by molar-refractivity contribution is 7.87. The third-order valence-electron chi connectivity index (χ3n) is 4.30. The van der Waals surface area contributed by atoms with Crippen molar-refractivity contribution < 1.29 is 26.9 Å². The molecule has 3 N–H and O–H groups in total. The molecule has 166 valence electrons. The maximum atomic E-state index is 12.6. The van der Waals surface area contributed by atoms with E-state index in [9.17, 15) is 18.0 Å². The van der Waals surface area contributed by atoms with Gasteiger partial charge < -0.3 is 20.0 Å². The van der Waals surface area contributed by atoms with Gasteiger partial charge in [0, 0.05) is 6.04 Å². The number of hydrogen-bond acceptors (Lipinski definition) is 7. The quantitative estimate of drug-likeness (QED) is 0.425. The summed E-state index contributed by atoms with van der Waals surface area (Å²) in [6, 6.07) is 12.9. The molecule has 0 bridgehead atoms. The van der Waals surface area contributed by atoms with Crippen molar-refractivity contribution in [3.05, 3.63) is 78.4 Å². The Balaban J connectivity index is 2.08. The van der Waals surface area contributed by atoms with Crippen molar-refractivity contribution in [1.29, 1.82) is 0 Å². The summed E-state index contributed by atoms with van der Waals surface area (Å²) in [5.41, 5.74) is 7.54. The van der Waals surface area contributed by atoms with E-state index in [0.29, 0.717) is 6.42 Å². The summed E-state index contributed by atoms with van der Waals surface area (Å²) < 4.78 is 34.7. The first-order valence-corrected chi connectivity index (χ1v) is 11.0. The molecule has 2 aromatic carbocycles. The maximum Gasteiger partial charge on any atom is 0.408 e. The normalized spacial score (nSPS) is 13.0. The molecule has 2 unspecified atom stereocenters. The van der Waals surface area contributed by atoms with Crippen LogP contribution >= 0.6 is 0 Å². The average Bonchev–Trinajstić information content (AvgIpc) is 2.72. The van der Waals surface area contributed by atoms with Crippen molar-refractivity contribution in [2.45, 2.75) is 43.4 Å². The number of nitrogens with one attached hydrogen (secondary N) is 1. The summed E-state index contributed by atoms with van der Waals surface area (Å²) in [6.45, 7) is 5.36. The lowest BCUT2D eigenvalue weighted by molar-refractivity contribution is -0.136. The highest BCUT2D eigenvalue weighted by Gasteiger charge is 2.30. The van der Waals surface area contributed by atoms with Crippen LogP contribution in [0.5, 0.6) is 0 Å². The molecule has 8 nitrogen and oxygen atoms in total. The Morgan fingerprint density at radius 1 is 1.13 bits per heavy atom. The van der Waals surface area contributed by atoms with Crippen molar-refractivity contribution in [2.75, 3.05) is 0 Å². The minimum Gasteiger partial charge on any atom is -0.445 e. The zero-order valence-corrected chi connectivity index (χ0v) is 18.0. The number of rotatable bonds is 10. The Hall–Kier alpha value is -3.17. The van der Waals surface area contributed by atoms with Crippen LogP contribution in [-0.4, -0.2) is 32.6 Å². The molecular weight excluding hydrogens is 420 g/mol. The minimum atomic E-state index is -4.36. The van der Waals surface area contributed by atoms with Crippen LogP contribution in [0.3, 0.4) is 0 Å². The van der Waals surface area contributed by atoms with E-state index in [2.05, 4.69) is 11.9 Å². The van der Waals surface area contributed by atoms with Crippen LogP contribution in [0.25, 0.3) is 0 Å². The van der Waals surface area contributed by atoms with E-state index in [1.807, 2.05) is 6.07 Å². The number of aryl methyl sites for hydroxylation is 1. The highest BCUT2D eigenvalue weighted by atomic mass is 32.2. The lowest BCUT2D eigenvalue weighted by Gasteiger charge is -2.20. The fraction of sp³-hybridized carbons (Fsp3) is 0.273. The first kappa shape index (κ1) is 24.1. The van der Waals surface area contributed by atoms with Crippen LogP contribution in [0.15, 0.2) is 72.1 Å². The van der Waals surface area contributed by atoms with Gasteiger partial charge in [0.15, 0.2) is 0 Å². The van der Waals surface area contributed by atoms with Crippen LogP contribution in [0.2, 0.25) is 0 Å². The second-order valence-electron chi connectivity index (χ2n) is 6.95. The zero-order chi connectivity index (χ0) is 22.9. The van der Waals surface area contributed by atoms with Gasteiger partial charge in [0.25, 0.3) is 0 Å². The maximum absolute atomic E-state index is 12.6. The second-order valence-corrected chi connectivity index (χ2v) is 8.49. The summed E-state index contributed by atoms with van der Waals surface area (Å²) in [6.07, 6.45) is 0.956. The van der Waals surface area contributed by atoms with Gasteiger partial charge in [-0.3, -0.25) is 0 Å². The van der Waals surface area contributed by atoms with Gasteiger partial charge in [0.2, 0.25) is 0 Å². The van der Waals surface area contributed by atoms with Crippen LogP contribution in [-0.2, 0) is 30.4 Å². The van der Waals surface area contributed by atoms with Gasteiger partial charge in [-0.2, -0.15) is 8.42 Å². The number of benzene rings is 2. The lowest BCUT2D eigenvalue weighted by Crippen LogP contribution is -2.46. The highest BCUT2D eigenvalue weighted by Crippen LogP contribution is 2.15. The number of nitrogens with two attached hydrogens (primary N) is 1. The van der Waals surface area contributed by atoms with Crippen LogP contribution in [0, 0.1) is 6.92 Å². The number of carbonyl (C=O) groups excluding carboxylic acids is 2. The molecule has 0 saturated heterocycles. The molecule has 0 fully saturated rings. The molecule has 0 radical (unpaired) electrons. The molecule has 0 heterocycles. The van der Waals surface area contributed by atoms with E-state index < -0.39 is 34.3 Å². The molecule has 9 heteroatoms. The van der Waals surface area contributed by atoms with Gasteiger partial charge in [-0.15, -0.1) is 6.58 Å². The summed E-state index contributed by atoms with van der Waals surface area (Å²) in [5, 5.41) is 2.35. The molecule has 0 aliphatic heterocycles. The molecule has 1 amide bonds. The molecule has 2 aromatic rings. The summed E-state index contributed by atoms with van der Waals surface area (Å²) in [4.78, 5) is 24.6.